The van der Waals surface area contributed by atoms with Gasteiger partial charge in [-0.25, -0.2) is 6.08 Å². The van der Waals surface area contributed by atoms with Crippen LogP contribution in [0.2, 0.25) is 0 Å². The zero-order chi connectivity index (χ0) is 29.2. The average molecular weight is 659 g/mol. The van der Waals surface area contributed by atoms with Crippen LogP contribution in [0.3, 0.4) is 0 Å². The van der Waals surface area contributed by atoms with Gasteiger partial charge in [-0.1, -0.05) is 117 Å². The van der Waals surface area contributed by atoms with Gasteiger partial charge >= 0.3 is 41.3 Å². The first-order valence-corrected chi connectivity index (χ1v) is 15.5. The first-order chi connectivity index (χ1) is 17.3. The number of halogens is 2. The van der Waals surface area contributed by atoms with E-state index in [0.717, 1.165) is 6.42 Å². The Labute approximate surface area is 275 Å². The Morgan fingerprint density at radius 2 is 1.32 bits per heavy atom. The summed E-state index contributed by atoms with van der Waals surface area (Å²) in [5.41, 5.74) is 13.3. The molecule has 0 heterocycles. The topological polar surface area (TPSA) is 0 Å². The van der Waals surface area contributed by atoms with Crippen LogP contribution in [0.1, 0.15) is 123 Å². The molecule has 0 nitrogen and oxygen atoms in total. The zero-order valence-corrected chi connectivity index (χ0v) is 31.6. The molecule has 40 heavy (non-hydrogen) atoms. The van der Waals surface area contributed by atoms with Crippen LogP contribution in [0.15, 0.2) is 35.9 Å². The standard InChI is InChI=1S/C23H29.C11H17.C3H6.2ClH.Zr/c1-14-9-16-11-17-10-15(2)21(23(6,7)8)13-19(17)18(16)12-20(14)22(3,4)5;1-5-9-6-7-10(8-9)11(2,3)4;1-3-2;;;/h9,12-13H,11H2,1-8H3;7-9H,5H2,1-4H3;1-2H3;2*1H;/q2*-1;;;;+2/p-2. The number of allylic oxidation sites excluding steroid dienone is 4. The van der Waals surface area contributed by atoms with Crippen molar-refractivity contribution in [3.63, 3.8) is 0 Å². The molecule has 220 valence electrons. The van der Waals surface area contributed by atoms with Gasteiger partial charge in [-0.15, -0.1) is 16.7 Å². The van der Waals surface area contributed by atoms with Gasteiger partial charge in [0.25, 0.3) is 0 Å². The van der Waals surface area contributed by atoms with Crippen LogP contribution >= 0.6 is 0 Å². The zero-order valence-electron chi connectivity index (χ0n) is 27.6. The second-order valence-electron chi connectivity index (χ2n) is 14.4. The fourth-order valence-corrected chi connectivity index (χ4v) is 5.23. The smallest absolute Gasteiger partial charge is 0.0129 e. The summed E-state index contributed by atoms with van der Waals surface area (Å²) >= 11 is 1.55. The Morgan fingerprint density at radius 1 is 0.825 bits per heavy atom. The Kier molecular flexibility index (Phi) is 14.8. The molecule has 0 aliphatic heterocycles. The van der Waals surface area contributed by atoms with Crippen LogP contribution in [0, 0.1) is 37.3 Å². The quantitative estimate of drug-likeness (QED) is 0.341. The monoisotopic (exact) mass is 656 g/mol. The number of fused-ring (bicyclic) bond motifs is 3. The molecule has 0 fully saturated rings. The third-order valence-corrected chi connectivity index (χ3v) is 7.22. The van der Waals surface area contributed by atoms with E-state index in [4.69, 9.17) is 0 Å². The molecule has 0 bridgehead atoms. The van der Waals surface area contributed by atoms with Crippen molar-refractivity contribution in [2.75, 3.05) is 0 Å². The Balaban J connectivity index is 0.000000754. The SMILES string of the molecule is CCC1[C-]=CC(C(C)(C)C)=C1.C[C](C)=[Zr+2].Cc1[c-]c2c(cc1C(C)(C)C)-c1cc(C(C)(C)C)c(C)cc1C2.[Cl-].[Cl-]. The summed E-state index contributed by atoms with van der Waals surface area (Å²) < 4.78 is 1.51. The molecule has 0 amide bonds. The van der Waals surface area contributed by atoms with E-state index in [-0.39, 0.29) is 35.6 Å². The summed E-state index contributed by atoms with van der Waals surface area (Å²) in [6, 6.07) is 10.9. The minimum absolute atomic E-state index is 0. The van der Waals surface area contributed by atoms with Crippen molar-refractivity contribution in [2.45, 2.75) is 121 Å². The average Bonchev–Trinajstić information content (AvgIpc) is 3.35. The summed E-state index contributed by atoms with van der Waals surface area (Å²) in [6.45, 7) is 31.4. The van der Waals surface area contributed by atoms with E-state index in [1.54, 1.807) is 24.2 Å². The van der Waals surface area contributed by atoms with Crippen LogP contribution in [0.5, 0.6) is 0 Å². The van der Waals surface area contributed by atoms with Gasteiger partial charge in [0.1, 0.15) is 0 Å². The second-order valence-corrected chi connectivity index (χ2v) is 16.9. The molecule has 0 N–H and O–H groups in total. The third kappa shape index (κ3) is 10.5. The predicted molar refractivity (Wildman–Crippen MR) is 166 cm³/mol. The number of aryl methyl sites for hydroxylation is 2. The first-order valence-electron chi connectivity index (χ1n) is 14.3. The summed E-state index contributed by atoms with van der Waals surface area (Å²) in [4.78, 5) is 0. The molecular formula is C37H52Cl2Zr-2. The second kappa shape index (κ2) is 15.1. The van der Waals surface area contributed by atoms with E-state index in [1.807, 2.05) is 0 Å². The molecule has 2 aliphatic carbocycles. The molecule has 0 aromatic heterocycles. The Hall–Kier alpha value is -0.747. The Morgan fingerprint density at radius 3 is 1.73 bits per heavy atom. The number of rotatable bonds is 1. The molecule has 0 saturated heterocycles. The molecule has 0 spiro atoms. The number of hydrogen-bond acceptors (Lipinski definition) is 0. The normalized spacial score (nSPS) is 15.3. The number of hydrogen-bond donors (Lipinski definition) is 0. The van der Waals surface area contributed by atoms with Gasteiger partial charge in [-0.3, -0.25) is 6.08 Å². The molecule has 2 aromatic carbocycles. The summed E-state index contributed by atoms with van der Waals surface area (Å²) in [5.74, 6) is 0.573. The van der Waals surface area contributed by atoms with Crippen molar-refractivity contribution < 1.29 is 49.0 Å². The van der Waals surface area contributed by atoms with Crippen LogP contribution in [-0.2, 0) is 41.5 Å². The van der Waals surface area contributed by atoms with Gasteiger partial charge in [0.05, 0.1) is 0 Å². The maximum Gasteiger partial charge on any atom is -0.0129 e. The van der Waals surface area contributed by atoms with Crippen molar-refractivity contribution in [3.8, 4) is 11.1 Å². The van der Waals surface area contributed by atoms with Gasteiger partial charge in [0.2, 0.25) is 0 Å². The van der Waals surface area contributed by atoms with E-state index in [1.165, 1.54) is 59.7 Å². The molecule has 1 atom stereocenters. The van der Waals surface area contributed by atoms with Gasteiger partial charge in [0, 0.05) is 0 Å². The number of benzene rings is 2. The van der Waals surface area contributed by atoms with E-state index in [0.29, 0.717) is 11.3 Å². The van der Waals surface area contributed by atoms with Crippen molar-refractivity contribution >= 4 is 3.21 Å². The van der Waals surface area contributed by atoms with E-state index < -0.39 is 0 Å². The van der Waals surface area contributed by atoms with Crippen molar-refractivity contribution in [3.05, 3.63) is 81.4 Å². The first kappa shape index (κ1) is 39.3. The molecule has 0 saturated carbocycles. The van der Waals surface area contributed by atoms with Crippen molar-refractivity contribution in [1.82, 2.24) is 0 Å². The Bertz CT molecular complexity index is 1150. The van der Waals surface area contributed by atoms with E-state index in [9.17, 15) is 0 Å². The molecule has 2 aliphatic rings. The summed E-state index contributed by atoms with van der Waals surface area (Å²) in [7, 11) is 0. The van der Waals surface area contributed by atoms with E-state index in [2.05, 4.69) is 139 Å². The minimum Gasteiger partial charge on any atom is -1.00 e. The van der Waals surface area contributed by atoms with Gasteiger partial charge in [-0.05, 0) is 35.4 Å². The summed E-state index contributed by atoms with van der Waals surface area (Å²) in [6.07, 6.45) is 10.0. The largest absolute Gasteiger partial charge is 1.00 e. The predicted octanol–water partition coefficient (Wildman–Crippen LogP) is 4.38. The molecular weight excluding hydrogens is 607 g/mol. The van der Waals surface area contributed by atoms with Gasteiger partial charge in [-0.2, -0.15) is 29.3 Å². The maximum atomic E-state index is 3.69. The van der Waals surface area contributed by atoms with Crippen LogP contribution in [0.25, 0.3) is 11.1 Å². The molecule has 0 radical (unpaired) electrons. The van der Waals surface area contributed by atoms with Gasteiger partial charge < -0.3 is 24.8 Å². The third-order valence-electron chi connectivity index (χ3n) is 7.22. The van der Waals surface area contributed by atoms with Crippen LogP contribution < -0.4 is 24.8 Å². The van der Waals surface area contributed by atoms with Gasteiger partial charge in [0.15, 0.2) is 0 Å². The summed E-state index contributed by atoms with van der Waals surface area (Å²) in [5, 5.41) is 0. The van der Waals surface area contributed by atoms with Crippen LogP contribution in [0.4, 0.5) is 0 Å². The van der Waals surface area contributed by atoms with E-state index >= 15 is 0 Å². The fraction of sp³-hybridized carbons (Fsp3) is 0.541. The maximum absolute atomic E-state index is 3.69. The molecule has 1 unspecified atom stereocenters. The van der Waals surface area contributed by atoms with Crippen LogP contribution in [-0.4, -0.2) is 3.21 Å². The molecule has 3 heteroatoms. The molecule has 2 aromatic rings. The fourth-order valence-electron chi connectivity index (χ4n) is 5.23. The minimum atomic E-state index is 0. The van der Waals surface area contributed by atoms with Crippen molar-refractivity contribution in [2.24, 2.45) is 11.3 Å². The molecule has 4 rings (SSSR count). The van der Waals surface area contributed by atoms with Crippen molar-refractivity contribution in [1.29, 1.82) is 0 Å².